The average Bonchev–Trinajstić information content (AvgIpc) is 3.53. The minimum Gasteiger partial charge on any atom is -0.493 e. The van der Waals surface area contributed by atoms with Gasteiger partial charge in [0.25, 0.3) is 0 Å². The number of nitrogen functional groups attached to an aromatic ring is 3. The van der Waals surface area contributed by atoms with Crippen LogP contribution < -0.4 is 26.1 Å². The van der Waals surface area contributed by atoms with Crippen molar-refractivity contribution in [3.05, 3.63) is 53.7 Å². The molecule has 1 saturated carbocycles. The molecule has 1 heterocycles. The van der Waals surface area contributed by atoms with Gasteiger partial charge in [-0.05, 0) is 61.1 Å². The van der Waals surface area contributed by atoms with Crippen molar-refractivity contribution < 1.29 is 17.3 Å². The lowest BCUT2D eigenvalue weighted by molar-refractivity contribution is 0.340. The second-order valence-electron chi connectivity index (χ2n) is 8.09. The zero-order valence-electron chi connectivity index (χ0n) is 18.3. The third-order valence-electron chi connectivity index (χ3n) is 5.27. The van der Waals surface area contributed by atoms with E-state index >= 15 is 0 Å². The number of nitrogens with zero attached hydrogens (tertiary/aromatic N) is 2. The Morgan fingerprint density at radius 3 is 2.52 bits per heavy atom. The summed E-state index contributed by atoms with van der Waals surface area (Å²) in [7, 11) is -3.80. The highest BCUT2D eigenvalue weighted by Crippen LogP contribution is 2.42. The van der Waals surface area contributed by atoms with Gasteiger partial charge >= 0.3 is 10.1 Å². The second-order valence-corrected chi connectivity index (χ2v) is 9.71. The summed E-state index contributed by atoms with van der Waals surface area (Å²) in [4.78, 5) is 8.00. The normalized spacial score (nSPS) is 13.6. The van der Waals surface area contributed by atoms with Crippen molar-refractivity contribution in [2.75, 3.05) is 29.6 Å². The SMILES string of the molecule is CCOc1cc(Cc2cnc(N)nc2N)cc(OS(=O)(=O)CC2CC2)c1-c1cccc(N)c1. The fourth-order valence-electron chi connectivity index (χ4n) is 3.59. The highest BCUT2D eigenvalue weighted by molar-refractivity contribution is 7.87. The van der Waals surface area contributed by atoms with Gasteiger partial charge in [0.15, 0.2) is 5.75 Å². The van der Waals surface area contributed by atoms with Gasteiger partial charge < -0.3 is 26.1 Å². The van der Waals surface area contributed by atoms with Crippen molar-refractivity contribution in [3.8, 4) is 22.6 Å². The molecule has 4 rings (SSSR count). The number of aromatic nitrogens is 2. The zero-order chi connectivity index (χ0) is 23.6. The maximum absolute atomic E-state index is 12.8. The first kappa shape index (κ1) is 22.7. The number of hydrogen-bond acceptors (Lipinski definition) is 9. The first-order chi connectivity index (χ1) is 15.7. The van der Waals surface area contributed by atoms with Crippen molar-refractivity contribution in [3.63, 3.8) is 0 Å². The molecule has 0 spiro atoms. The van der Waals surface area contributed by atoms with Crippen LogP contribution >= 0.6 is 0 Å². The van der Waals surface area contributed by atoms with Gasteiger partial charge in [-0.1, -0.05) is 12.1 Å². The van der Waals surface area contributed by atoms with Crippen LogP contribution in [-0.4, -0.2) is 30.7 Å². The van der Waals surface area contributed by atoms with E-state index in [4.69, 9.17) is 26.1 Å². The maximum atomic E-state index is 12.8. The highest BCUT2D eigenvalue weighted by atomic mass is 32.2. The summed E-state index contributed by atoms with van der Waals surface area (Å²) in [6.07, 6.45) is 3.67. The summed E-state index contributed by atoms with van der Waals surface area (Å²) < 4.78 is 37.2. The van der Waals surface area contributed by atoms with E-state index in [1.165, 1.54) is 0 Å². The van der Waals surface area contributed by atoms with Crippen LogP contribution in [0.15, 0.2) is 42.6 Å². The molecule has 2 aromatic carbocycles. The lowest BCUT2D eigenvalue weighted by atomic mass is 9.98. The van der Waals surface area contributed by atoms with Gasteiger partial charge in [0, 0.05) is 23.9 Å². The van der Waals surface area contributed by atoms with E-state index in [0.717, 1.165) is 18.4 Å². The fraction of sp³-hybridized carbons (Fsp3) is 0.304. The molecule has 0 aliphatic heterocycles. The van der Waals surface area contributed by atoms with Gasteiger partial charge in [-0.25, -0.2) is 4.98 Å². The molecule has 0 saturated heterocycles. The van der Waals surface area contributed by atoms with Gasteiger partial charge in [-0.2, -0.15) is 13.4 Å². The van der Waals surface area contributed by atoms with Crippen molar-refractivity contribution in [1.29, 1.82) is 0 Å². The standard InChI is InChI=1S/C23H27N5O4S/c1-2-31-19-9-15(8-17-12-27-23(26)28-22(17)25)10-20(32-33(29,30)13-14-6-7-14)21(19)16-4-3-5-18(24)11-16/h3-5,9-12,14H,2,6-8,13,24H2,1H3,(H4,25,26,27,28). The molecule has 9 nitrogen and oxygen atoms in total. The number of nitrogens with two attached hydrogens (primary N) is 3. The summed E-state index contributed by atoms with van der Waals surface area (Å²) >= 11 is 0. The maximum Gasteiger partial charge on any atom is 0.309 e. The smallest absolute Gasteiger partial charge is 0.309 e. The van der Waals surface area contributed by atoms with Gasteiger partial charge in [-0.3, -0.25) is 0 Å². The predicted octanol–water partition coefficient (Wildman–Crippen LogP) is 3.00. The van der Waals surface area contributed by atoms with Crippen molar-refractivity contribution >= 4 is 27.6 Å². The van der Waals surface area contributed by atoms with Gasteiger partial charge in [0.05, 0.1) is 17.9 Å². The molecule has 0 radical (unpaired) electrons. The quantitative estimate of drug-likeness (QED) is 0.316. The molecular weight excluding hydrogens is 442 g/mol. The molecule has 174 valence electrons. The van der Waals surface area contributed by atoms with Gasteiger partial charge in [0.2, 0.25) is 5.95 Å². The molecule has 0 amide bonds. The molecule has 33 heavy (non-hydrogen) atoms. The van der Waals surface area contributed by atoms with Crippen LogP contribution in [-0.2, 0) is 16.5 Å². The second kappa shape index (κ2) is 9.14. The third kappa shape index (κ3) is 5.64. The van der Waals surface area contributed by atoms with Crippen LogP contribution in [0.1, 0.15) is 30.9 Å². The lowest BCUT2D eigenvalue weighted by Crippen LogP contribution is -2.16. The number of rotatable bonds is 9. The molecular formula is C23H27N5O4S. The molecule has 1 fully saturated rings. The fourth-order valence-corrected chi connectivity index (χ4v) is 4.98. The minimum atomic E-state index is -3.80. The van der Waals surface area contributed by atoms with Gasteiger partial charge in [0.1, 0.15) is 11.6 Å². The molecule has 1 aliphatic carbocycles. The van der Waals surface area contributed by atoms with Crippen LogP contribution in [0.3, 0.4) is 0 Å². The first-order valence-corrected chi connectivity index (χ1v) is 12.3. The van der Waals surface area contributed by atoms with E-state index in [-0.39, 0.29) is 29.2 Å². The molecule has 3 aromatic rings. The Labute approximate surface area is 193 Å². The molecule has 0 bridgehead atoms. The van der Waals surface area contributed by atoms with E-state index in [9.17, 15) is 8.42 Å². The summed E-state index contributed by atoms with van der Waals surface area (Å²) in [5.74, 6) is 1.12. The number of ether oxygens (including phenoxy) is 1. The Hall–Kier alpha value is -3.53. The summed E-state index contributed by atoms with van der Waals surface area (Å²) in [6.45, 7) is 2.23. The van der Waals surface area contributed by atoms with Crippen LogP contribution in [0.2, 0.25) is 0 Å². The minimum absolute atomic E-state index is 0.0175. The Balaban J connectivity index is 1.82. The first-order valence-electron chi connectivity index (χ1n) is 10.7. The predicted molar refractivity (Wildman–Crippen MR) is 128 cm³/mol. The van der Waals surface area contributed by atoms with Crippen molar-refractivity contribution in [1.82, 2.24) is 9.97 Å². The van der Waals surface area contributed by atoms with Crippen LogP contribution in [0, 0.1) is 5.92 Å². The molecule has 10 heteroatoms. The molecule has 0 unspecified atom stereocenters. The van der Waals surface area contributed by atoms with Gasteiger partial charge in [-0.15, -0.1) is 0 Å². The van der Waals surface area contributed by atoms with E-state index in [2.05, 4.69) is 9.97 Å². The third-order valence-corrected chi connectivity index (χ3v) is 6.58. The lowest BCUT2D eigenvalue weighted by Gasteiger charge is -2.18. The van der Waals surface area contributed by atoms with Crippen LogP contribution in [0.4, 0.5) is 17.5 Å². The molecule has 0 atom stereocenters. The van der Waals surface area contributed by atoms with E-state index in [1.54, 1.807) is 30.5 Å². The Kier molecular flexibility index (Phi) is 6.28. The number of hydrogen-bond donors (Lipinski definition) is 3. The summed E-state index contributed by atoms with van der Waals surface area (Å²) in [5, 5.41) is 0. The molecule has 1 aromatic heterocycles. The summed E-state index contributed by atoms with van der Waals surface area (Å²) in [5.41, 5.74) is 20.7. The van der Waals surface area contributed by atoms with E-state index in [1.807, 2.05) is 19.1 Å². The largest absolute Gasteiger partial charge is 0.493 e. The van der Waals surface area contributed by atoms with Crippen molar-refractivity contribution in [2.24, 2.45) is 5.92 Å². The average molecular weight is 470 g/mol. The Bertz CT molecular complexity index is 1280. The number of anilines is 3. The van der Waals surface area contributed by atoms with Crippen molar-refractivity contribution in [2.45, 2.75) is 26.2 Å². The Morgan fingerprint density at radius 2 is 1.85 bits per heavy atom. The number of benzene rings is 2. The zero-order valence-corrected chi connectivity index (χ0v) is 19.1. The topological polar surface area (TPSA) is 156 Å². The van der Waals surface area contributed by atoms with E-state index in [0.29, 0.717) is 41.2 Å². The van der Waals surface area contributed by atoms with Crippen LogP contribution in [0.5, 0.6) is 11.5 Å². The van der Waals surface area contributed by atoms with E-state index < -0.39 is 10.1 Å². The van der Waals surface area contributed by atoms with Crippen LogP contribution in [0.25, 0.3) is 11.1 Å². The molecule has 6 N–H and O–H groups in total. The molecule has 1 aliphatic rings. The monoisotopic (exact) mass is 469 g/mol. The highest BCUT2D eigenvalue weighted by Gasteiger charge is 2.30. The Morgan fingerprint density at radius 1 is 1.09 bits per heavy atom. The summed E-state index contributed by atoms with van der Waals surface area (Å²) in [6, 6.07) is 10.7.